The number of hydrogen-bond donors (Lipinski definition) is 1. The Hall–Kier alpha value is -2.14. The lowest BCUT2D eigenvalue weighted by Crippen LogP contribution is -2.60. The van der Waals surface area contributed by atoms with Crippen molar-refractivity contribution < 1.29 is 9.90 Å². The highest BCUT2D eigenvalue weighted by Gasteiger charge is 2.58. The number of amides is 1. The molecule has 1 unspecified atom stereocenters. The molecule has 6 rings (SSSR count). The predicted molar refractivity (Wildman–Crippen MR) is 106 cm³/mol. The van der Waals surface area contributed by atoms with Crippen LogP contribution in [0.25, 0.3) is 11.3 Å². The zero-order valence-electron chi connectivity index (χ0n) is 16.1. The fraction of sp³-hybridized carbons (Fsp3) is 0.565. The SMILES string of the molecule is O=C(C1CCC1)N1CCC2(CC1)C[C@@H](C1c3ccccc3-c3cncn31)[C@H]2O. The second-order valence-corrected chi connectivity index (χ2v) is 9.35. The normalized spacial score (nSPS) is 30.5. The molecule has 1 amide bonds. The maximum Gasteiger partial charge on any atom is 0.225 e. The molecule has 1 spiro atoms. The van der Waals surface area contributed by atoms with Gasteiger partial charge in [0.2, 0.25) is 5.91 Å². The molecule has 3 atom stereocenters. The molecule has 2 aliphatic heterocycles. The van der Waals surface area contributed by atoms with Crippen molar-refractivity contribution in [3.63, 3.8) is 0 Å². The van der Waals surface area contributed by atoms with Crippen LogP contribution >= 0.6 is 0 Å². The molecule has 1 aromatic heterocycles. The Bertz CT molecular complexity index is 923. The summed E-state index contributed by atoms with van der Waals surface area (Å²) >= 11 is 0. The van der Waals surface area contributed by atoms with Crippen molar-refractivity contribution in [2.45, 2.75) is 50.7 Å². The van der Waals surface area contributed by atoms with Crippen LogP contribution in [0.2, 0.25) is 0 Å². The predicted octanol–water partition coefficient (Wildman–Crippen LogP) is 3.24. The van der Waals surface area contributed by atoms with E-state index < -0.39 is 0 Å². The summed E-state index contributed by atoms with van der Waals surface area (Å²) in [5, 5.41) is 11.3. The Morgan fingerprint density at radius 1 is 1.18 bits per heavy atom. The number of carbonyl (C=O) groups is 1. The molecule has 146 valence electrons. The Balaban J connectivity index is 1.19. The molecular weight excluding hydrogens is 350 g/mol. The van der Waals surface area contributed by atoms with E-state index in [1.165, 1.54) is 17.5 Å². The van der Waals surface area contributed by atoms with E-state index in [1.807, 2.05) is 12.5 Å². The number of fused-ring (bicyclic) bond motifs is 3. The van der Waals surface area contributed by atoms with Gasteiger partial charge in [0.25, 0.3) is 0 Å². The van der Waals surface area contributed by atoms with Crippen LogP contribution in [-0.2, 0) is 4.79 Å². The Morgan fingerprint density at radius 2 is 1.96 bits per heavy atom. The van der Waals surface area contributed by atoms with Gasteiger partial charge in [-0.15, -0.1) is 0 Å². The fourth-order valence-electron chi connectivity index (χ4n) is 6.18. The monoisotopic (exact) mass is 377 g/mol. The molecule has 2 aliphatic carbocycles. The zero-order valence-corrected chi connectivity index (χ0v) is 16.1. The summed E-state index contributed by atoms with van der Waals surface area (Å²) in [4.78, 5) is 19.0. The molecule has 1 saturated heterocycles. The second kappa shape index (κ2) is 5.93. The minimum absolute atomic E-state index is 0.000656. The molecule has 3 heterocycles. The molecule has 0 radical (unpaired) electrons. The number of benzene rings is 1. The lowest BCUT2D eigenvalue weighted by Gasteiger charge is -2.58. The van der Waals surface area contributed by atoms with E-state index in [-0.39, 0.29) is 29.4 Å². The molecule has 0 bridgehead atoms. The summed E-state index contributed by atoms with van der Waals surface area (Å²) in [6.45, 7) is 1.63. The highest BCUT2D eigenvalue weighted by molar-refractivity contribution is 5.79. The van der Waals surface area contributed by atoms with Gasteiger partial charge in [-0.2, -0.15) is 0 Å². The van der Waals surface area contributed by atoms with Crippen molar-refractivity contribution in [2.75, 3.05) is 13.1 Å². The van der Waals surface area contributed by atoms with Crippen LogP contribution < -0.4 is 0 Å². The van der Waals surface area contributed by atoms with Gasteiger partial charge in [-0.25, -0.2) is 4.98 Å². The summed E-state index contributed by atoms with van der Waals surface area (Å²) in [6.07, 6.45) is 9.80. The van der Waals surface area contributed by atoms with E-state index in [9.17, 15) is 9.90 Å². The van der Waals surface area contributed by atoms with Crippen LogP contribution in [0.5, 0.6) is 0 Å². The van der Waals surface area contributed by atoms with Crippen LogP contribution in [0.3, 0.4) is 0 Å². The first kappa shape index (κ1) is 16.8. The van der Waals surface area contributed by atoms with Gasteiger partial charge >= 0.3 is 0 Å². The van der Waals surface area contributed by atoms with Gasteiger partial charge in [0, 0.05) is 35.9 Å². The molecule has 4 aliphatic rings. The van der Waals surface area contributed by atoms with Gasteiger partial charge in [-0.1, -0.05) is 30.7 Å². The standard InChI is InChI=1S/C23H27N3O2/c27-21-18(20-17-7-2-1-6-16(17)19-13-24-14-26(19)20)12-23(21)8-10-25(11-9-23)22(28)15-4-3-5-15/h1-2,6-7,13-15,18,20-21,27H,3-5,8-12H2/t18-,20?,21+/m0/s1. The number of nitrogens with zero attached hydrogens (tertiary/aromatic N) is 3. The summed E-state index contributed by atoms with van der Waals surface area (Å²) in [7, 11) is 0. The molecule has 1 aromatic carbocycles. The van der Waals surface area contributed by atoms with Gasteiger partial charge in [-0.05, 0) is 37.7 Å². The highest BCUT2D eigenvalue weighted by atomic mass is 16.3. The summed E-state index contributed by atoms with van der Waals surface area (Å²) in [6, 6.07) is 8.71. The number of likely N-dealkylation sites (tertiary alicyclic amines) is 1. The van der Waals surface area contributed by atoms with Gasteiger partial charge in [0.1, 0.15) is 0 Å². The molecule has 2 aromatic rings. The molecular formula is C23H27N3O2. The minimum Gasteiger partial charge on any atom is -0.392 e. The van der Waals surface area contributed by atoms with Crippen molar-refractivity contribution in [3.05, 3.63) is 42.4 Å². The minimum atomic E-state index is -0.306. The third-order valence-electron chi connectivity index (χ3n) is 8.13. The first-order valence-electron chi connectivity index (χ1n) is 10.8. The van der Waals surface area contributed by atoms with E-state index >= 15 is 0 Å². The van der Waals surface area contributed by atoms with E-state index in [1.54, 1.807) is 0 Å². The van der Waals surface area contributed by atoms with Crippen LogP contribution in [0, 0.1) is 17.3 Å². The molecule has 3 fully saturated rings. The van der Waals surface area contributed by atoms with Gasteiger partial charge in [-0.3, -0.25) is 4.79 Å². The number of hydrogen-bond acceptors (Lipinski definition) is 3. The third kappa shape index (κ3) is 2.17. The summed E-state index contributed by atoms with van der Waals surface area (Å²) in [5.74, 6) is 0.868. The van der Waals surface area contributed by atoms with Crippen LogP contribution in [0.4, 0.5) is 0 Å². The first-order chi connectivity index (χ1) is 13.7. The van der Waals surface area contributed by atoms with Gasteiger partial charge in [0.05, 0.1) is 30.4 Å². The van der Waals surface area contributed by atoms with Crippen LogP contribution in [-0.4, -0.2) is 44.7 Å². The number of carbonyl (C=O) groups excluding carboxylic acids is 1. The first-order valence-corrected chi connectivity index (χ1v) is 10.8. The average molecular weight is 377 g/mol. The fourth-order valence-corrected chi connectivity index (χ4v) is 6.18. The average Bonchev–Trinajstić information content (AvgIpc) is 3.26. The van der Waals surface area contributed by atoms with Crippen LogP contribution in [0.1, 0.15) is 50.1 Å². The van der Waals surface area contributed by atoms with Crippen LogP contribution in [0.15, 0.2) is 36.8 Å². The summed E-state index contributed by atoms with van der Waals surface area (Å²) in [5.41, 5.74) is 3.73. The lowest BCUT2D eigenvalue weighted by molar-refractivity contribution is -0.167. The van der Waals surface area contributed by atoms with Crippen molar-refractivity contribution in [2.24, 2.45) is 17.3 Å². The van der Waals surface area contributed by atoms with Crippen molar-refractivity contribution >= 4 is 5.91 Å². The van der Waals surface area contributed by atoms with Crippen molar-refractivity contribution in [3.8, 4) is 11.3 Å². The maximum absolute atomic E-state index is 12.6. The molecule has 1 N–H and O–H groups in total. The van der Waals surface area contributed by atoms with Gasteiger partial charge < -0.3 is 14.6 Å². The Labute approximate surface area is 165 Å². The third-order valence-corrected chi connectivity index (χ3v) is 8.13. The topological polar surface area (TPSA) is 58.4 Å². The van der Waals surface area contributed by atoms with E-state index in [2.05, 4.69) is 38.7 Å². The number of aliphatic hydroxyl groups is 1. The quantitative estimate of drug-likeness (QED) is 0.874. The van der Waals surface area contributed by atoms with Gasteiger partial charge in [0.15, 0.2) is 0 Å². The summed E-state index contributed by atoms with van der Waals surface area (Å²) < 4.78 is 2.25. The molecule has 2 saturated carbocycles. The van der Waals surface area contributed by atoms with E-state index in [0.717, 1.165) is 50.9 Å². The lowest BCUT2D eigenvalue weighted by atomic mass is 9.53. The number of piperidine rings is 1. The highest BCUT2D eigenvalue weighted by Crippen LogP contribution is 2.59. The number of aliphatic hydroxyl groups excluding tert-OH is 1. The smallest absolute Gasteiger partial charge is 0.225 e. The largest absolute Gasteiger partial charge is 0.392 e. The Kier molecular flexibility index (Phi) is 3.55. The van der Waals surface area contributed by atoms with E-state index in [0.29, 0.717) is 5.91 Å². The maximum atomic E-state index is 12.6. The number of rotatable bonds is 2. The van der Waals surface area contributed by atoms with Crippen molar-refractivity contribution in [1.82, 2.24) is 14.5 Å². The molecule has 28 heavy (non-hydrogen) atoms. The number of aromatic nitrogens is 2. The Morgan fingerprint density at radius 3 is 2.68 bits per heavy atom. The van der Waals surface area contributed by atoms with Crippen molar-refractivity contribution in [1.29, 1.82) is 0 Å². The zero-order chi connectivity index (χ0) is 18.9. The molecule has 5 heteroatoms. The molecule has 5 nitrogen and oxygen atoms in total. The number of imidazole rings is 1. The second-order valence-electron chi connectivity index (χ2n) is 9.35. The van der Waals surface area contributed by atoms with E-state index in [4.69, 9.17) is 0 Å².